The van der Waals surface area contributed by atoms with Crippen molar-refractivity contribution < 1.29 is 4.84 Å². The van der Waals surface area contributed by atoms with Crippen LogP contribution in [0.5, 0.6) is 0 Å². The number of fused-ring (bicyclic) bond motifs is 1. The molecule has 1 atom stereocenters. The summed E-state index contributed by atoms with van der Waals surface area (Å²) < 4.78 is 0.877. The molecule has 84 valence electrons. The Hall–Kier alpha value is -0.0900. The number of hydrogen-bond donors (Lipinski definition) is 1. The summed E-state index contributed by atoms with van der Waals surface area (Å²) in [5.41, 5.74) is 4.30. The number of nitrogens with one attached hydrogen (secondary N) is 1. The smallest absolute Gasteiger partial charge is 0.0934 e. The number of hydrogen-bond acceptors (Lipinski definition) is 3. The molecule has 4 heteroatoms. The first-order valence-electron chi connectivity index (χ1n) is 5.17. The lowest BCUT2D eigenvalue weighted by atomic mass is 10.2. The highest BCUT2D eigenvalue weighted by Crippen LogP contribution is 2.39. The lowest BCUT2D eigenvalue weighted by Gasteiger charge is -2.22. The van der Waals surface area contributed by atoms with Crippen LogP contribution in [0.2, 0.25) is 4.34 Å². The average Bonchev–Trinajstić information content (AvgIpc) is 2.58. The number of thiophene rings is 1. The minimum atomic E-state index is -0.150. The molecule has 1 unspecified atom stereocenters. The van der Waals surface area contributed by atoms with E-state index in [2.05, 4.69) is 11.5 Å². The van der Waals surface area contributed by atoms with Crippen LogP contribution in [0, 0.1) is 0 Å². The van der Waals surface area contributed by atoms with Crippen molar-refractivity contribution in [2.75, 3.05) is 0 Å². The number of hydroxylamine groups is 1. The Labute approximate surface area is 99.5 Å². The average molecular weight is 246 g/mol. The fourth-order valence-electron chi connectivity index (χ4n) is 1.70. The van der Waals surface area contributed by atoms with Gasteiger partial charge in [0.25, 0.3) is 0 Å². The number of rotatable bonds is 2. The molecule has 1 N–H and O–H groups in total. The monoisotopic (exact) mass is 245 g/mol. The van der Waals surface area contributed by atoms with E-state index in [4.69, 9.17) is 16.4 Å². The first kappa shape index (κ1) is 11.4. The standard InChI is InChI=1S/C11H16ClNOS/c1-11(2,3)14-13-8-4-5-9-7(8)6-10(12)15-9/h6,8,13H,4-5H2,1-3H3. The Bertz CT molecular complexity index is 356. The fraction of sp³-hybridized carbons (Fsp3) is 0.636. The van der Waals surface area contributed by atoms with Crippen LogP contribution >= 0.6 is 22.9 Å². The zero-order chi connectivity index (χ0) is 11.1. The first-order valence-corrected chi connectivity index (χ1v) is 6.37. The summed E-state index contributed by atoms with van der Waals surface area (Å²) in [5, 5.41) is 0. The molecule has 2 rings (SSSR count). The zero-order valence-corrected chi connectivity index (χ0v) is 10.8. The summed E-state index contributed by atoms with van der Waals surface area (Å²) in [6, 6.07) is 2.36. The van der Waals surface area contributed by atoms with Gasteiger partial charge < -0.3 is 0 Å². The molecule has 1 aromatic heterocycles. The molecule has 1 aliphatic carbocycles. The SMILES string of the molecule is CC(C)(C)ONC1CCc2sc(Cl)cc21. The van der Waals surface area contributed by atoms with Gasteiger partial charge in [0, 0.05) is 4.88 Å². The van der Waals surface area contributed by atoms with Gasteiger partial charge >= 0.3 is 0 Å². The highest BCUT2D eigenvalue weighted by molar-refractivity contribution is 7.16. The van der Waals surface area contributed by atoms with Crippen molar-refractivity contribution in [2.45, 2.75) is 45.3 Å². The summed E-state index contributed by atoms with van der Waals surface area (Å²) in [4.78, 5) is 6.99. The topological polar surface area (TPSA) is 21.3 Å². The van der Waals surface area contributed by atoms with E-state index in [1.54, 1.807) is 11.3 Å². The maximum Gasteiger partial charge on any atom is 0.0934 e. The molecule has 1 heterocycles. The third-order valence-corrected chi connectivity index (χ3v) is 3.69. The molecule has 0 saturated heterocycles. The third-order valence-electron chi connectivity index (χ3n) is 2.35. The molecule has 1 aliphatic rings. The van der Waals surface area contributed by atoms with Crippen LogP contribution in [0.15, 0.2) is 6.07 Å². The Morgan fingerprint density at radius 1 is 1.53 bits per heavy atom. The van der Waals surface area contributed by atoms with E-state index in [1.807, 2.05) is 20.8 Å². The molecule has 0 radical (unpaired) electrons. The van der Waals surface area contributed by atoms with Crippen molar-refractivity contribution in [3.8, 4) is 0 Å². The molecule has 0 saturated carbocycles. The van der Waals surface area contributed by atoms with Crippen LogP contribution in [0.25, 0.3) is 0 Å². The number of aryl methyl sites for hydroxylation is 1. The van der Waals surface area contributed by atoms with Crippen molar-refractivity contribution in [1.82, 2.24) is 5.48 Å². The predicted octanol–water partition coefficient (Wildman–Crippen LogP) is 3.71. The van der Waals surface area contributed by atoms with Crippen LogP contribution in [0.3, 0.4) is 0 Å². The van der Waals surface area contributed by atoms with Crippen LogP contribution in [-0.4, -0.2) is 5.60 Å². The predicted molar refractivity (Wildman–Crippen MR) is 64.4 cm³/mol. The van der Waals surface area contributed by atoms with Crippen molar-refractivity contribution in [3.63, 3.8) is 0 Å². The maximum absolute atomic E-state index is 5.98. The fourth-order valence-corrected chi connectivity index (χ4v) is 3.06. The maximum atomic E-state index is 5.98. The highest BCUT2D eigenvalue weighted by atomic mass is 35.5. The van der Waals surface area contributed by atoms with Gasteiger partial charge in [0.15, 0.2) is 0 Å². The Morgan fingerprint density at radius 2 is 2.27 bits per heavy atom. The second kappa shape index (κ2) is 4.06. The third kappa shape index (κ3) is 2.72. The van der Waals surface area contributed by atoms with Gasteiger partial charge in [0.05, 0.1) is 16.0 Å². The zero-order valence-electron chi connectivity index (χ0n) is 9.26. The quantitative estimate of drug-likeness (QED) is 0.802. The van der Waals surface area contributed by atoms with Crippen LogP contribution in [-0.2, 0) is 11.3 Å². The Kier molecular flexibility index (Phi) is 3.08. The van der Waals surface area contributed by atoms with E-state index >= 15 is 0 Å². The van der Waals surface area contributed by atoms with Gasteiger partial charge in [-0.3, -0.25) is 4.84 Å². The van der Waals surface area contributed by atoms with E-state index in [0.717, 1.165) is 17.2 Å². The van der Waals surface area contributed by atoms with Crippen molar-refractivity contribution in [1.29, 1.82) is 0 Å². The summed E-state index contributed by atoms with van der Waals surface area (Å²) >= 11 is 7.67. The molecule has 2 nitrogen and oxygen atoms in total. The van der Waals surface area contributed by atoms with Gasteiger partial charge in [-0.1, -0.05) is 11.6 Å². The van der Waals surface area contributed by atoms with Crippen LogP contribution < -0.4 is 5.48 Å². The lowest BCUT2D eigenvalue weighted by molar-refractivity contribution is -0.0888. The van der Waals surface area contributed by atoms with Crippen molar-refractivity contribution in [2.24, 2.45) is 0 Å². The molecule has 0 aliphatic heterocycles. The van der Waals surface area contributed by atoms with Gasteiger partial charge in [-0.05, 0) is 45.2 Å². The molecule has 0 fully saturated rings. The van der Waals surface area contributed by atoms with Gasteiger partial charge in [-0.25, -0.2) is 0 Å². The van der Waals surface area contributed by atoms with Crippen LogP contribution in [0.1, 0.15) is 43.7 Å². The van der Waals surface area contributed by atoms with E-state index in [1.165, 1.54) is 10.4 Å². The molecule has 0 aromatic carbocycles. The molecule has 1 aromatic rings. The molecule has 0 bridgehead atoms. The van der Waals surface area contributed by atoms with Gasteiger partial charge in [-0.15, -0.1) is 11.3 Å². The molecule has 0 amide bonds. The Morgan fingerprint density at radius 3 is 2.93 bits per heavy atom. The largest absolute Gasteiger partial charge is 0.296 e. The van der Waals surface area contributed by atoms with Crippen molar-refractivity contribution in [3.05, 3.63) is 20.8 Å². The lowest BCUT2D eigenvalue weighted by Crippen LogP contribution is -2.31. The molecular formula is C11H16ClNOS. The van der Waals surface area contributed by atoms with E-state index < -0.39 is 0 Å². The first-order chi connectivity index (χ1) is 6.96. The molecular weight excluding hydrogens is 230 g/mol. The second-order valence-electron chi connectivity index (χ2n) is 4.85. The van der Waals surface area contributed by atoms with E-state index in [-0.39, 0.29) is 5.60 Å². The van der Waals surface area contributed by atoms with Crippen LogP contribution in [0.4, 0.5) is 0 Å². The normalized spacial score (nSPS) is 20.7. The Balaban J connectivity index is 2.01. The summed E-state index contributed by atoms with van der Waals surface area (Å²) in [6.07, 6.45) is 2.21. The van der Waals surface area contributed by atoms with Gasteiger partial charge in [0.2, 0.25) is 0 Å². The van der Waals surface area contributed by atoms with Gasteiger partial charge in [0.1, 0.15) is 0 Å². The minimum absolute atomic E-state index is 0.150. The molecule has 0 spiro atoms. The summed E-state index contributed by atoms with van der Waals surface area (Å²) in [7, 11) is 0. The number of halogens is 1. The van der Waals surface area contributed by atoms with Crippen molar-refractivity contribution >= 4 is 22.9 Å². The summed E-state index contributed by atoms with van der Waals surface area (Å²) in [6.45, 7) is 6.11. The van der Waals surface area contributed by atoms with E-state index in [9.17, 15) is 0 Å². The second-order valence-corrected chi connectivity index (χ2v) is 6.62. The van der Waals surface area contributed by atoms with E-state index in [0.29, 0.717) is 6.04 Å². The van der Waals surface area contributed by atoms with Gasteiger partial charge in [-0.2, -0.15) is 5.48 Å². The highest BCUT2D eigenvalue weighted by Gasteiger charge is 2.26. The minimum Gasteiger partial charge on any atom is -0.296 e. The molecule has 15 heavy (non-hydrogen) atoms. The summed E-state index contributed by atoms with van der Waals surface area (Å²) in [5.74, 6) is 0.